The van der Waals surface area contributed by atoms with E-state index in [1.165, 1.54) is 0 Å². The van der Waals surface area contributed by atoms with Gasteiger partial charge in [0.15, 0.2) is 5.82 Å². The Balaban J connectivity index is 2.18. The Morgan fingerprint density at radius 2 is 1.90 bits per heavy atom. The molecule has 0 unspecified atom stereocenters. The van der Waals surface area contributed by atoms with Crippen LogP contribution in [-0.2, 0) is 0 Å². The fourth-order valence-electron chi connectivity index (χ4n) is 2.37. The molecule has 0 amide bonds. The molecule has 0 spiro atoms. The van der Waals surface area contributed by atoms with E-state index in [1.54, 1.807) is 13.3 Å². The lowest BCUT2D eigenvalue weighted by molar-refractivity contribution is 0.414. The van der Waals surface area contributed by atoms with E-state index < -0.39 is 0 Å². The molecule has 0 aliphatic rings. The molecule has 3 rings (SSSR count). The molecule has 0 atom stereocenters. The Kier molecular flexibility index (Phi) is 3.44. The summed E-state index contributed by atoms with van der Waals surface area (Å²) in [6, 6.07) is 14.0. The minimum atomic E-state index is 0.807. The topological polar surface area (TPSA) is 39.9 Å². The van der Waals surface area contributed by atoms with Crippen molar-refractivity contribution in [3.63, 3.8) is 0 Å². The Morgan fingerprint density at radius 1 is 1.05 bits per heavy atom. The van der Waals surface area contributed by atoms with Crippen molar-refractivity contribution in [1.29, 1.82) is 0 Å². The van der Waals surface area contributed by atoms with E-state index in [-0.39, 0.29) is 0 Å². The molecule has 0 N–H and O–H groups in total. The molecule has 0 saturated heterocycles. The van der Waals surface area contributed by atoms with Crippen LogP contribution in [0.2, 0.25) is 0 Å². The van der Waals surface area contributed by atoms with Crippen molar-refractivity contribution in [3.05, 3.63) is 59.9 Å². The molecule has 0 bridgehead atoms. The monoisotopic (exact) mass is 279 g/mol. The van der Waals surface area contributed by atoms with E-state index in [0.717, 1.165) is 34.1 Å². The highest BCUT2D eigenvalue weighted by molar-refractivity contribution is 5.65. The maximum atomic E-state index is 5.36. The van der Waals surface area contributed by atoms with Crippen LogP contribution in [0.5, 0.6) is 5.75 Å². The smallest absolute Gasteiger partial charge is 0.153 e. The average molecular weight is 279 g/mol. The first-order valence-electron chi connectivity index (χ1n) is 6.81. The van der Waals surface area contributed by atoms with Gasteiger partial charge in [0.25, 0.3) is 0 Å². The van der Waals surface area contributed by atoms with Gasteiger partial charge in [0.05, 0.1) is 18.5 Å². The fraction of sp³-hybridized carbons (Fsp3) is 0.176. The largest absolute Gasteiger partial charge is 0.497 e. The Labute approximate surface area is 124 Å². The van der Waals surface area contributed by atoms with Gasteiger partial charge in [0, 0.05) is 11.8 Å². The zero-order valence-corrected chi connectivity index (χ0v) is 12.4. The molecule has 1 aromatic carbocycles. The van der Waals surface area contributed by atoms with Crippen molar-refractivity contribution in [2.24, 2.45) is 0 Å². The predicted molar refractivity (Wildman–Crippen MR) is 82.8 cm³/mol. The van der Waals surface area contributed by atoms with Crippen molar-refractivity contribution >= 4 is 0 Å². The molecule has 4 heteroatoms. The molecule has 0 aliphatic carbocycles. The first-order valence-corrected chi connectivity index (χ1v) is 6.81. The van der Waals surface area contributed by atoms with Crippen LogP contribution < -0.4 is 4.74 Å². The fourth-order valence-corrected chi connectivity index (χ4v) is 2.37. The molecule has 4 nitrogen and oxygen atoms in total. The highest BCUT2D eigenvalue weighted by Crippen LogP contribution is 2.28. The summed E-state index contributed by atoms with van der Waals surface area (Å²) in [7, 11) is 1.68. The minimum absolute atomic E-state index is 0.807. The van der Waals surface area contributed by atoms with Crippen LogP contribution in [0.25, 0.3) is 17.1 Å². The van der Waals surface area contributed by atoms with Crippen molar-refractivity contribution in [2.45, 2.75) is 13.8 Å². The van der Waals surface area contributed by atoms with E-state index in [9.17, 15) is 0 Å². The zero-order chi connectivity index (χ0) is 14.8. The number of aromatic nitrogens is 3. The molecule has 0 radical (unpaired) electrons. The van der Waals surface area contributed by atoms with Gasteiger partial charge in [-0.3, -0.25) is 0 Å². The third-order valence-electron chi connectivity index (χ3n) is 3.28. The first-order chi connectivity index (χ1) is 10.2. The maximum absolute atomic E-state index is 5.36. The summed E-state index contributed by atoms with van der Waals surface area (Å²) in [6.45, 7) is 4.04. The third kappa shape index (κ3) is 2.65. The number of hydrogen-bond donors (Lipinski definition) is 0. The van der Waals surface area contributed by atoms with Crippen molar-refractivity contribution in [2.75, 3.05) is 7.11 Å². The third-order valence-corrected chi connectivity index (χ3v) is 3.28. The second kappa shape index (κ2) is 5.40. The van der Waals surface area contributed by atoms with E-state index in [2.05, 4.69) is 29.1 Å². The number of rotatable bonds is 3. The Hall–Kier alpha value is -2.62. The summed E-state index contributed by atoms with van der Waals surface area (Å²) in [6.07, 6.45) is 1.77. The second-order valence-electron chi connectivity index (χ2n) is 5.01. The lowest BCUT2D eigenvalue weighted by atomic mass is 10.1. The van der Waals surface area contributed by atoms with Gasteiger partial charge in [-0.05, 0) is 55.8 Å². The molecular formula is C17H17N3O. The van der Waals surface area contributed by atoms with Crippen molar-refractivity contribution in [1.82, 2.24) is 14.8 Å². The Morgan fingerprint density at radius 3 is 2.62 bits per heavy atom. The number of benzene rings is 1. The SMILES string of the molecule is COc1cc(C)cc(-c2cc(C)nn2-c2ccccn2)c1. The molecule has 0 saturated carbocycles. The lowest BCUT2D eigenvalue weighted by Crippen LogP contribution is -2.01. The number of hydrogen-bond acceptors (Lipinski definition) is 3. The van der Waals surface area contributed by atoms with Gasteiger partial charge in [-0.25, -0.2) is 9.67 Å². The van der Waals surface area contributed by atoms with Gasteiger partial charge >= 0.3 is 0 Å². The maximum Gasteiger partial charge on any atom is 0.153 e. The molecule has 2 aromatic heterocycles. The summed E-state index contributed by atoms with van der Waals surface area (Å²) in [4.78, 5) is 4.38. The van der Waals surface area contributed by atoms with Crippen LogP contribution in [0.4, 0.5) is 0 Å². The summed E-state index contributed by atoms with van der Waals surface area (Å²) in [5.41, 5.74) is 4.18. The summed E-state index contributed by atoms with van der Waals surface area (Å²) < 4.78 is 7.23. The van der Waals surface area contributed by atoms with Crippen LogP contribution in [0.1, 0.15) is 11.3 Å². The highest BCUT2D eigenvalue weighted by Gasteiger charge is 2.12. The van der Waals surface area contributed by atoms with Crippen LogP contribution in [0.3, 0.4) is 0 Å². The molecule has 3 aromatic rings. The number of methoxy groups -OCH3 is 1. The van der Waals surface area contributed by atoms with Gasteiger partial charge < -0.3 is 4.74 Å². The highest BCUT2D eigenvalue weighted by atomic mass is 16.5. The van der Waals surface area contributed by atoms with Gasteiger partial charge in [-0.15, -0.1) is 0 Å². The average Bonchev–Trinajstić information content (AvgIpc) is 2.89. The standard InChI is InChI=1S/C17H17N3O/c1-12-8-14(11-15(9-12)21-3)16-10-13(2)19-20(16)17-6-4-5-7-18-17/h4-11H,1-3H3. The van der Waals surface area contributed by atoms with Crippen LogP contribution in [0, 0.1) is 13.8 Å². The molecular weight excluding hydrogens is 262 g/mol. The summed E-state index contributed by atoms with van der Waals surface area (Å²) in [5, 5.41) is 4.56. The summed E-state index contributed by atoms with van der Waals surface area (Å²) in [5.74, 6) is 1.65. The number of nitrogens with zero attached hydrogens (tertiary/aromatic N) is 3. The van der Waals surface area contributed by atoms with E-state index >= 15 is 0 Å². The van der Waals surface area contributed by atoms with E-state index in [1.807, 2.05) is 41.9 Å². The quantitative estimate of drug-likeness (QED) is 0.736. The van der Waals surface area contributed by atoms with E-state index in [4.69, 9.17) is 4.74 Å². The minimum Gasteiger partial charge on any atom is -0.497 e. The van der Waals surface area contributed by atoms with Crippen molar-refractivity contribution in [3.8, 4) is 22.8 Å². The van der Waals surface area contributed by atoms with Gasteiger partial charge in [0.1, 0.15) is 5.75 Å². The van der Waals surface area contributed by atoms with Gasteiger partial charge in [-0.2, -0.15) is 5.10 Å². The van der Waals surface area contributed by atoms with Gasteiger partial charge in [0.2, 0.25) is 0 Å². The molecule has 0 fully saturated rings. The number of aryl methyl sites for hydroxylation is 2. The predicted octanol–water partition coefficient (Wildman–Crippen LogP) is 3.56. The van der Waals surface area contributed by atoms with Gasteiger partial charge in [-0.1, -0.05) is 6.07 Å². The van der Waals surface area contributed by atoms with E-state index in [0.29, 0.717) is 0 Å². The molecule has 21 heavy (non-hydrogen) atoms. The molecule has 0 aliphatic heterocycles. The Bertz CT molecular complexity index is 763. The first kappa shape index (κ1) is 13.4. The van der Waals surface area contributed by atoms with Crippen LogP contribution in [0.15, 0.2) is 48.7 Å². The molecule has 2 heterocycles. The zero-order valence-electron chi connectivity index (χ0n) is 12.4. The normalized spacial score (nSPS) is 10.6. The van der Waals surface area contributed by atoms with Crippen LogP contribution in [-0.4, -0.2) is 21.9 Å². The number of pyridine rings is 1. The number of ether oxygens (including phenoxy) is 1. The summed E-state index contributed by atoms with van der Waals surface area (Å²) >= 11 is 0. The van der Waals surface area contributed by atoms with Crippen LogP contribution >= 0.6 is 0 Å². The lowest BCUT2D eigenvalue weighted by Gasteiger charge is -2.09. The molecule has 106 valence electrons. The van der Waals surface area contributed by atoms with Crippen molar-refractivity contribution < 1.29 is 4.74 Å². The second-order valence-corrected chi connectivity index (χ2v) is 5.01.